The summed E-state index contributed by atoms with van der Waals surface area (Å²) < 4.78 is 72.6. The first-order chi connectivity index (χ1) is 11.5. The number of rotatable bonds is 5. The van der Waals surface area contributed by atoms with Crippen LogP contribution in [0.15, 0.2) is 41.4 Å². The number of halogens is 3. The summed E-state index contributed by atoms with van der Waals surface area (Å²) in [5, 5.41) is 0. The van der Waals surface area contributed by atoms with Gasteiger partial charge in [-0.25, -0.2) is 13.2 Å². The number of aromatic nitrogens is 1. The van der Waals surface area contributed by atoms with E-state index in [1.807, 2.05) is 0 Å². The maximum Gasteiger partial charge on any atom is 0.573 e. The van der Waals surface area contributed by atoms with Crippen molar-refractivity contribution in [1.29, 1.82) is 0 Å². The van der Waals surface area contributed by atoms with E-state index in [0.717, 1.165) is 37.4 Å². The minimum absolute atomic E-state index is 0.0248. The minimum Gasteiger partial charge on any atom is -0.464 e. The molecule has 0 unspecified atom stereocenters. The van der Waals surface area contributed by atoms with Gasteiger partial charge in [0.05, 0.1) is 7.11 Å². The fourth-order valence-corrected chi connectivity index (χ4v) is 3.06. The highest BCUT2D eigenvalue weighted by atomic mass is 32.2. The number of hydrogen-bond acceptors (Lipinski definition) is 5. The van der Waals surface area contributed by atoms with Gasteiger partial charge in [0.15, 0.2) is 0 Å². The molecule has 25 heavy (non-hydrogen) atoms. The van der Waals surface area contributed by atoms with Crippen molar-refractivity contribution in [3.8, 4) is 5.75 Å². The standard InChI is InChI=1S/C14H13F3N2O5S/c1-19-8-11(7-12(19)13(20)23-2)25(21,22)18-9-3-5-10(6-4-9)24-14(15,16)17/h3-8,18H,1-2H3. The maximum atomic E-state index is 12.3. The van der Waals surface area contributed by atoms with Gasteiger partial charge in [-0.05, 0) is 30.3 Å². The van der Waals surface area contributed by atoms with E-state index in [-0.39, 0.29) is 16.3 Å². The van der Waals surface area contributed by atoms with E-state index in [1.54, 1.807) is 0 Å². The van der Waals surface area contributed by atoms with Crippen LogP contribution in [-0.2, 0) is 21.8 Å². The lowest BCUT2D eigenvalue weighted by atomic mass is 10.3. The smallest absolute Gasteiger partial charge is 0.464 e. The molecule has 1 aromatic carbocycles. The van der Waals surface area contributed by atoms with Crippen molar-refractivity contribution < 1.29 is 35.9 Å². The van der Waals surface area contributed by atoms with Crippen molar-refractivity contribution in [2.45, 2.75) is 11.3 Å². The maximum absolute atomic E-state index is 12.3. The molecule has 0 aliphatic rings. The first-order valence-corrected chi connectivity index (χ1v) is 8.13. The van der Waals surface area contributed by atoms with Gasteiger partial charge < -0.3 is 14.0 Å². The number of aryl methyl sites for hydroxylation is 1. The molecule has 0 aliphatic heterocycles. The lowest BCUT2D eigenvalue weighted by Gasteiger charge is -2.10. The molecule has 0 amide bonds. The van der Waals surface area contributed by atoms with Crippen molar-refractivity contribution in [1.82, 2.24) is 4.57 Å². The second-order valence-electron chi connectivity index (χ2n) is 4.84. The van der Waals surface area contributed by atoms with Crippen molar-refractivity contribution in [2.24, 2.45) is 7.05 Å². The Bertz CT molecular complexity index is 873. The summed E-state index contributed by atoms with van der Waals surface area (Å²) in [4.78, 5) is 11.3. The van der Waals surface area contributed by atoms with Crippen LogP contribution in [0.25, 0.3) is 0 Å². The van der Waals surface area contributed by atoms with E-state index >= 15 is 0 Å². The Morgan fingerprint density at radius 1 is 1.20 bits per heavy atom. The molecule has 0 fully saturated rings. The molecule has 0 saturated heterocycles. The number of nitrogens with one attached hydrogen (secondary N) is 1. The van der Waals surface area contributed by atoms with Crippen LogP contribution in [0.3, 0.4) is 0 Å². The van der Waals surface area contributed by atoms with Crippen LogP contribution in [-0.4, -0.2) is 32.4 Å². The van der Waals surface area contributed by atoms with Crippen molar-refractivity contribution in [3.05, 3.63) is 42.2 Å². The number of methoxy groups -OCH3 is 1. The third-order valence-corrected chi connectivity index (χ3v) is 4.37. The van der Waals surface area contributed by atoms with Gasteiger partial charge in [0.2, 0.25) is 0 Å². The molecule has 0 atom stereocenters. The van der Waals surface area contributed by atoms with Gasteiger partial charge in [0, 0.05) is 18.9 Å². The van der Waals surface area contributed by atoms with Crippen LogP contribution in [0, 0.1) is 0 Å². The molecule has 0 spiro atoms. The Morgan fingerprint density at radius 3 is 2.32 bits per heavy atom. The number of hydrogen-bond donors (Lipinski definition) is 1. The number of alkyl halides is 3. The first kappa shape index (κ1) is 18.6. The van der Waals surface area contributed by atoms with Gasteiger partial charge >= 0.3 is 12.3 Å². The van der Waals surface area contributed by atoms with Crippen LogP contribution in [0.4, 0.5) is 18.9 Å². The Kier molecular flexibility index (Phi) is 4.97. The summed E-state index contributed by atoms with van der Waals surface area (Å²) in [5.74, 6) is -1.19. The highest BCUT2D eigenvalue weighted by molar-refractivity contribution is 7.92. The van der Waals surface area contributed by atoms with Gasteiger partial charge in [-0.15, -0.1) is 13.2 Å². The van der Waals surface area contributed by atoms with E-state index in [4.69, 9.17) is 0 Å². The van der Waals surface area contributed by atoms with E-state index < -0.39 is 28.1 Å². The van der Waals surface area contributed by atoms with Crippen LogP contribution in [0.5, 0.6) is 5.75 Å². The predicted molar refractivity (Wildman–Crippen MR) is 80.7 cm³/mol. The van der Waals surface area contributed by atoms with Crippen LogP contribution in [0.1, 0.15) is 10.5 Å². The molecular weight excluding hydrogens is 365 g/mol. The summed E-state index contributed by atoms with van der Waals surface area (Å²) >= 11 is 0. The molecule has 1 aromatic heterocycles. The predicted octanol–water partition coefficient (Wildman–Crippen LogP) is 2.51. The zero-order chi connectivity index (χ0) is 18.8. The highest BCUT2D eigenvalue weighted by Gasteiger charge is 2.31. The Labute approximate surface area is 141 Å². The number of anilines is 1. The third kappa shape index (κ3) is 4.66. The average Bonchev–Trinajstić information content (AvgIpc) is 2.90. The molecule has 2 rings (SSSR count). The molecule has 0 bridgehead atoms. The molecule has 1 heterocycles. The monoisotopic (exact) mass is 378 g/mol. The van der Waals surface area contributed by atoms with E-state index in [9.17, 15) is 26.4 Å². The first-order valence-electron chi connectivity index (χ1n) is 6.65. The molecule has 0 aliphatic carbocycles. The fraction of sp³-hybridized carbons (Fsp3) is 0.214. The Hall–Kier alpha value is -2.69. The largest absolute Gasteiger partial charge is 0.573 e. The molecule has 0 saturated carbocycles. The van der Waals surface area contributed by atoms with Gasteiger partial charge in [-0.2, -0.15) is 0 Å². The fourth-order valence-electron chi connectivity index (χ4n) is 1.93. The molecule has 11 heteroatoms. The summed E-state index contributed by atoms with van der Waals surface area (Å²) in [6.07, 6.45) is -3.63. The minimum atomic E-state index is -4.84. The van der Waals surface area contributed by atoms with E-state index in [0.29, 0.717) is 0 Å². The topological polar surface area (TPSA) is 86.6 Å². The zero-order valence-electron chi connectivity index (χ0n) is 13.0. The SMILES string of the molecule is COC(=O)c1cc(S(=O)(=O)Nc2ccc(OC(F)(F)F)cc2)cn1C. The highest BCUT2D eigenvalue weighted by Crippen LogP contribution is 2.25. The van der Waals surface area contributed by atoms with Crippen molar-refractivity contribution in [2.75, 3.05) is 11.8 Å². The number of nitrogens with zero attached hydrogens (tertiary/aromatic N) is 1. The molecular formula is C14H13F3N2O5S. The lowest BCUT2D eigenvalue weighted by Crippen LogP contribution is -2.17. The molecule has 1 N–H and O–H groups in total. The normalized spacial score (nSPS) is 11.9. The molecule has 2 aromatic rings. The quantitative estimate of drug-likeness (QED) is 0.808. The van der Waals surface area contributed by atoms with Gasteiger partial charge in [0.1, 0.15) is 16.3 Å². The summed E-state index contributed by atoms with van der Waals surface area (Å²) in [6.45, 7) is 0. The second-order valence-corrected chi connectivity index (χ2v) is 6.52. The van der Waals surface area contributed by atoms with Crippen molar-refractivity contribution in [3.63, 3.8) is 0 Å². The second kappa shape index (κ2) is 6.67. The van der Waals surface area contributed by atoms with Crippen molar-refractivity contribution >= 4 is 21.7 Å². The van der Waals surface area contributed by atoms with Gasteiger partial charge in [0.25, 0.3) is 10.0 Å². The number of benzene rings is 1. The van der Waals surface area contributed by atoms with E-state index in [2.05, 4.69) is 14.2 Å². The van der Waals surface area contributed by atoms with Gasteiger partial charge in [-0.3, -0.25) is 4.72 Å². The molecule has 136 valence electrons. The van der Waals surface area contributed by atoms with Crippen LogP contribution >= 0.6 is 0 Å². The Morgan fingerprint density at radius 2 is 1.80 bits per heavy atom. The number of sulfonamides is 1. The van der Waals surface area contributed by atoms with Gasteiger partial charge in [-0.1, -0.05) is 0 Å². The number of carbonyl (C=O) groups is 1. The molecule has 0 radical (unpaired) electrons. The zero-order valence-corrected chi connectivity index (χ0v) is 13.8. The summed E-state index contributed by atoms with van der Waals surface area (Å²) in [7, 11) is -1.42. The lowest BCUT2D eigenvalue weighted by molar-refractivity contribution is -0.274. The van der Waals surface area contributed by atoms with E-state index in [1.165, 1.54) is 17.8 Å². The number of esters is 1. The summed E-state index contributed by atoms with van der Waals surface area (Å²) in [5.41, 5.74) is 0.0507. The molecule has 7 nitrogen and oxygen atoms in total. The van der Waals surface area contributed by atoms with Crippen LogP contribution < -0.4 is 9.46 Å². The average molecular weight is 378 g/mol. The Balaban J connectivity index is 2.20. The summed E-state index contributed by atoms with van der Waals surface area (Å²) in [6, 6.07) is 5.29. The number of ether oxygens (including phenoxy) is 2. The number of carbonyl (C=O) groups excluding carboxylic acids is 1. The third-order valence-electron chi connectivity index (χ3n) is 3.02. The van der Waals surface area contributed by atoms with Crippen LogP contribution in [0.2, 0.25) is 0 Å².